The van der Waals surface area contributed by atoms with Crippen molar-refractivity contribution in [3.8, 4) is 5.75 Å². The zero-order chi connectivity index (χ0) is 20.5. The summed E-state index contributed by atoms with van der Waals surface area (Å²) in [6.07, 6.45) is -0.916. The van der Waals surface area contributed by atoms with Gasteiger partial charge in [0.05, 0.1) is 17.6 Å². The van der Waals surface area contributed by atoms with E-state index in [-0.39, 0.29) is 29.0 Å². The zero-order valence-electron chi connectivity index (χ0n) is 14.9. The summed E-state index contributed by atoms with van der Waals surface area (Å²) < 4.78 is 47.6. The molecule has 0 saturated carbocycles. The minimum atomic E-state index is -4.60. The number of H-pyrrole nitrogens is 1. The van der Waals surface area contributed by atoms with Gasteiger partial charge in [-0.25, -0.2) is 0 Å². The molecule has 0 aliphatic heterocycles. The summed E-state index contributed by atoms with van der Waals surface area (Å²) in [7, 11) is 1.26. The highest BCUT2D eigenvalue weighted by atomic mass is 19.4. The van der Waals surface area contributed by atoms with Crippen LogP contribution in [0.4, 0.5) is 13.2 Å². The van der Waals surface area contributed by atoms with Crippen molar-refractivity contribution >= 4 is 22.8 Å². The van der Waals surface area contributed by atoms with E-state index in [1.54, 1.807) is 0 Å². The van der Waals surface area contributed by atoms with Gasteiger partial charge in [0.1, 0.15) is 18.1 Å². The molecule has 2 heterocycles. The van der Waals surface area contributed by atoms with Crippen LogP contribution in [0.15, 0.2) is 42.7 Å². The van der Waals surface area contributed by atoms with E-state index in [1.807, 2.05) is 29.1 Å². The lowest BCUT2D eigenvalue weighted by atomic mass is 10.1. The Morgan fingerprint density at radius 3 is 2.61 bits per heavy atom. The van der Waals surface area contributed by atoms with Crippen molar-refractivity contribution in [2.75, 3.05) is 13.7 Å². The van der Waals surface area contributed by atoms with Crippen molar-refractivity contribution in [2.24, 2.45) is 5.73 Å². The number of guanidine groups is 1. The molecule has 7 nitrogen and oxygen atoms in total. The van der Waals surface area contributed by atoms with Crippen molar-refractivity contribution < 1.29 is 22.7 Å². The van der Waals surface area contributed by atoms with Crippen molar-refractivity contribution in [1.82, 2.24) is 14.5 Å². The van der Waals surface area contributed by atoms with Gasteiger partial charge in [-0.15, -0.1) is 0 Å². The number of aromatic amines is 1. The first kappa shape index (κ1) is 19.3. The molecule has 4 N–H and O–H groups in total. The Morgan fingerprint density at radius 2 is 2.00 bits per heavy atom. The maximum Gasteiger partial charge on any atom is 0.417 e. The highest BCUT2D eigenvalue weighted by Crippen LogP contribution is 2.38. The second-order valence-electron chi connectivity index (χ2n) is 6.10. The van der Waals surface area contributed by atoms with E-state index >= 15 is 0 Å². The minimum absolute atomic E-state index is 0.0580. The molecule has 0 radical (unpaired) electrons. The van der Waals surface area contributed by atoms with Gasteiger partial charge in [0.15, 0.2) is 5.96 Å². The van der Waals surface area contributed by atoms with E-state index in [0.29, 0.717) is 6.54 Å². The van der Waals surface area contributed by atoms with E-state index in [4.69, 9.17) is 15.9 Å². The topological polar surface area (TPSA) is 100 Å². The molecule has 0 unspecified atom stereocenters. The van der Waals surface area contributed by atoms with Crippen LogP contribution in [0.25, 0.3) is 10.9 Å². The molecule has 1 amide bonds. The Morgan fingerprint density at radius 1 is 1.32 bits per heavy atom. The summed E-state index contributed by atoms with van der Waals surface area (Å²) in [6, 6.07) is 6.94. The molecule has 0 spiro atoms. The zero-order valence-corrected chi connectivity index (χ0v) is 14.9. The van der Waals surface area contributed by atoms with E-state index in [0.717, 1.165) is 17.0 Å². The number of carbonyl (C=O) groups excluding carboxylic acids is 1. The molecule has 10 heteroatoms. The lowest BCUT2D eigenvalue weighted by Crippen LogP contribution is -2.38. The third-order valence-electron chi connectivity index (χ3n) is 4.23. The molecule has 1 aromatic carbocycles. The summed E-state index contributed by atoms with van der Waals surface area (Å²) in [5, 5.41) is 7.13. The predicted molar refractivity (Wildman–Crippen MR) is 97.2 cm³/mol. The van der Waals surface area contributed by atoms with E-state index in [2.05, 4.69) is 4.98 Å². The van der Waals surface area contributed by atoms with Crippen LogP contribution in [0.2, 0.25) is 0 Å². The van der Waals surface area contributed by atoms with Crippen molar-refractivity contribution in [3.05, 3.63) is 54.0 Å². The number of benzene rings is 1. The molecule has 0 bridgehead atoms. The first-order valence-electron chi connectivity index (χ1n) is 8.27. The van der Waals surface area contributed by atoms with Crippen molar-refractivity contribution in [3.63, 3.8) is 0 Å². The number of rotatable bonds is 5. The Bertz CT molecular complexity index is 1010. The number of nitrogens with zero attached hydrogens (tertiary/aromatic N) is 2. The number of fused-ring (bicyclic) bond motifs is 1. The fourth-order valence-corrected chi connectivity index (χ4v) is 2.75. The molecule has 0 aliphatic rings. The monoisotopic (exact) mass is 393 g/mol. The number of nitrogens with one attached hydrogen (secondary N) is 2. The fraction of sp³-hybridized carbons (Fsp3) is 0.222. The molecule has 0 aliphatic carbocycles. The van der Waals surface area contributed by atoms with Crippen LogP contribution in [-0.4, -0.2) is 40.0 Å². The molecule has 0 atom stereocenters. The van der Waals surface area contributed by atoms with Crippen molar-refractivity contribution in [1.29, 1.82) is 5.41 Å². The maximum atomic E-state index is 13.4. The van der Waals surface area contributed by atoms with Gasteiger partial charge < -0.3 is 20.0 Å². The van der Waals surface area contributed by atoms with Gasteiger partial charge in [-0.1, -0.05) is 0 Å². The van der Waals surface area contributed by atoms with Crippen LogP contribution in [0, 0.1) is 5.41 Å². The second kappa shape index (κ2) is 7.29. The van der Waals surface area contributed by atoms with Gasteiger partial charge in [0, 0.05) is 24.8 Å². The normalized spacial score (nSPS) is 11.6. The number of nitrogens with two attached hydrogens (primary N) is 1. The minimum Gasteiger partial charge on any atom is -0.490 e. The number of alkyl halides is 3. The maximum absolute atomic E-state index is 13.4. The summed E-state index contributed by atoms with van der Waals surface area (Å²) >= 11 is 0. The summed E-state index contributed by atoms with van der Waals surface area (Å²) in [4.78, 5) is 15.9. The molecule has 0 saturated heterocycles. The molecular weight excluding hydrogens is 375 g/mol. The fourth-order valence-electron chi connectivity index (χ4n) is 2.75. The van der Waals surface area contributed by atoms with Gasteiger partial charge >= 0.3 is 6.18 Å². The number of hydrogen-bond donors (Lipinski definition) is 3. The first-order valence-corrected chi connectivity index (χ1v) is 8.27. The largest absolute Gasteiger partial charge is 0.490 e. The summed E-state index contributed by atoms with van der Waals surface area (Å²) in [6.45, 7) is 0.736. The van der Waals surface area contributed by atoms with Gasteiger partial charge in [-0.2, -0.15) is 13.2 Å². The molecule has 3 rings (SSSR count). The Balaban J connectivity index is 1.97. The molecule has 148 valence electrons. The van der Waals surface area contributed by atoms with Gasteiger partial charge in [-0.3, -0.25) is 15.1 Å². The smallest absolute Gasteiger partial charge is 0.417 e. The Labute approximate surface area is 158 Å². The summed E-state index contributed by atoms with van der Waals surface area (Å²) in [5.41, 5.74) is 4.32. The van der Waals surface area contributed by atoms with Gasteiger partial charge in [0.25, 0.3) is 5.91 Å². The van der Waals surface area contributed by atoms with Crippen LogP contribution >= 0.6 is 0 Å². The van der Waals surface area contributed by atoms with Crippen LogP contribution in [0.5, 0.6) is 5.75 Å². The number of carbonyl (C=O) groups is 1. The van der Waals surface area contributed by atoms with E-state index < -0.39 is 23.6 Å². The molecule has 2 aromatic heterocycles. The molecule has 3 aromatic rings. The average molecular weight is 393 g/mol. The number of halogens is 3. The van der Waals surface area contributed by atoms with Crippen molar-refractivity contribution in [2.45, 2.75) is 12.7 Å². The number of hydrogen-bond acceptors (Lipinski definition) is 3. The average Bonchev–Trinajstić information content (AvgIpc) is 3.29. The van der Waals surface area contributed by atoms with E-state index in [9.17, 15) is 18.0 Å². The van der Waals surface area contributed by atoms with Crippen LogP contribution < -0.4 is 10.5 Å². The number of amides is 1. The molecule has 28 heavy (non-hydrogen) atoms. The second-order valence-corrected chi connectivity index (χ2v) is 6.10. The standard InChI is InChI=1S/C18H18F3N5O2/c1-25(17(22)23)16(27)13-10-11-12(18(19,20)21)4-5-14(15(11)24-13)28-9-8-26-6-2-3-7-26/h2-7,10,24H,8-9H2,1H3,(H3,22,23). The van der Waals surface area contributed by atoms with Crippen LogP contribution in [0.1, 0.15) is 16.1 Å². The first-order chi connectivity index (χ1) is 13.2. The molecular formula is C18H18F3N5O2. The van der Waals surface area contributed by atoms with E-state index in [1.165, 1.54) is 13.1 Å². The third kappa shape index (κ3) is 3.80. The summed E-state index contributed by atoms with van der Waals surface area (Å²) in [5.74, 6) is -1.06. The SMILES string of the molecule is CN(C(=N)N)C(=O)c1cc2c(C(F)(F)F)ccc(OCCn3cccc3)c2[nH]1. The van der Waals surface area contributed by atoms with Gasteiger partial charge in [-0.05, 0) is 30.3 Å². The Kier molecular flexibility index (Phi) is 5.04. The number of ether oxygens (including phenoxy) is 1. The Hall–Kier alpha value is -3.43. The van der Waals surface area contributed by atoms with Crippen LogP contribution in [-0.2, 0) is 12.7 Å². The highest BCUT2D eigenvalue weighted by Gasteiger charge is 2.34. The highest BCUT2D eigenvalue weighted by molar-refractivity contribution is 6.06. The molecule has 0 fully saturated rings. The lowest BCUT2D eigenvalue weighted by molar-refractivity contribution is -0.136. The van der Waals surface area contributed by atoms with Gasteiger partial charge in [0.2, 0.25) is 0 Å². The number of aromatic nitrogens is 2. The lowest BCUT2D eigenvalue weighted by Gasteiger charge is -2.13. The third-order valence-corrected chi connectivity index (χ3v) is 4.23. The quantitative estimate of drug-likeness (QED) is 0.459. The van der Waals surface area contributed by atoms with Crippen LogP contribution in [0.3, 0.4) is 0 Å². The predicted octanol–water partition coefficient (Wildman–Crippen LogP) is 3.03.